The molecule has 10 heteroatoms. The Hall–Kier alpha value is -4.80. The molecule has 0 unspecified atom stereocenters. The number of aliphatic hydroxyl groups is 1. The molecule has 2 aliphatic rings. The van der Waals surface area contributed by atoms with Gasteiger partial charge in [-0.3, -0.25) is 9.69 Å². The highest BCUT2D eigenvalue weighted by Crippen LogP contribution is 2.32. The Labute approximate surface area is 249 Å². The molecule has 3 aromatic carbocycles. The molecule has 10 nitrogen and oxygen atoms in total. The lowest BCUT2D eigenvalue weighted by Gasteiger charge is -2.28. The van der Waals surface area contributed by atoms with Crippen molar-refractivity contribution >= 4 is 11.6 Å². The number of aliphatic hydroxyl groups excluding tert-OH is 1. The standard InChI is InChI=1S/C33H33N7O3/c1-43-28-12-10-26(11-13-28)40-32-30(31(36-40)20-38-22-34-21-35-38)15-17-39(33(32)42)25-8-6-23(7-9-25)29-5-3-2-4-24(29)18-37-16-14-27(41)19-37/h2-13,21-22,27,41H,14-20H2,1H3/t27-/m1/s1. The fraction of sp³-hybridized carbons (Fsp3) is 0.273. The molecule has 1 saturated heterocycles. The normalized spacial score (nSPS) is 16.9. The number of methoxy groups -OCH3 is 1. The second-order valence-electron chi connectivity index (χ2n) is 11.1. The van der Waals surface area contributed by atoms with Gasteiger partial charge in [-0.25, -0.2) is 14.3 Å². The summed E-state index contributed by atoms with van der Waals surface area (Å²) in [7, 11) is 1.63. The average molecular weight is 576 g/mol. The van der Waals surface area contributed by atoms with Crippen LogP contribution in [-0.2, 0) is 19.5 Å². The van der Waals surface area contributed by atoms with Gasteiger partial charge in [0.25, 0.3) is 5.91 Å². The fourth-order valence-electron chi connectivity index (χ4n) is 6.14. The number of carbonyl (C=O) groups is 1. The predicted molar refractivity (Wildman–Crippen MR) is 162 cm³/mol. The predicted octanol–water partition coefficient (Wildman–Crippen LogP) is 3.96. The van der Waals surface area contributed by atoms with E-state index in [-0.39, 0.29) is 12.0 Å². The van der Waals surface area contributed by atoms with E-state index in [2.05, 4.69) is 51.4 Å². The van der Waals surface area contributed by atoms with E-state index in [0.29, 0.717) is 31.7 Å². The lowest BCUT2D eigenvalue weighted by atomic mass is 9.98. The van der Waals surface area contributed by atoms with Gasteiger partial charge in [0.1, 0.15) is 24.1 Å². The second kappa shape index (κ2) is 11.5. The van der Waals surface area contributed by atoms with Crippen molar-refractivity contribution < 1.29 is 14.6 Å². The van der Waals surface area contributed by atoms with E-state index in [1.807, 2.05) is 41.3 Å². The molecule has 1 atom stereocenters. The number of carbonyl (C=O) groups excluding carboxylic acids is 1. The van der Waals surface area contributed by atoms with Crippen molar-refractivity contribution in [3.05, 3.63) is 108 Å². The van der Waals surface area contributed by atoms with Gasteiger partial charge < -0.3 is 14.7 Å². The molecular weight excluding hydrogens is 542 g/mol. The summed E-state index contributed by atoms with van der Waals surface area (Å²) in [5, 5.41) is 19.1. The van der Waals surface area contributed by atoms with Gasteiger partial charge in [-0.15, -0.1) is 0 Å². The smallest absolute Gasteiger partial charge is 0.277 e. The zero-order chi connectivity index (χ0) is 29.3. The number of nitrogens with zero attached hydrogens (tertiary/aromatic N) is 7. The molecular formula is C33H33N7O3. The second-order valence-corrected chi connectivity index (χ2v) is 11.1. The zero-order valence-electron chi connectivity index (χ0n) is 24.0. The number of amides is 1. The van der Waals surface area contributed by atoms with Crippen molar-refractivity contribution in [1.29, 1.82) is 0 Å². The topological polar surface area (TPSA) is 102 Å². The summed E-state index contributed by atoms with van der Waals surface area (Å²) in [5.74, 6) is 0.649. The Morgan fingerprint density at radius 3 is 2.47 bits per heavy atom. The average Bonchev–Trinajstić information content (AvgIpc) is 3.79. The van der Waals surface area contributed by atoms with Crippen LogP contribution in [0.15, 0.2) is 85.5 Å². The number of benzene rings is 3. The molecule has 0 spiro atoms. The van der Waals surface area contributed by atoms with E-state index in [4.69, 9.17) is 9.84 Å². The molecule has 0 bridgehead atoms. The first-order chi connectivity index (χ1) is 21.1. The van der Waals surface area contributed by atoms with Crippen molar-refractivity contribution in [1.82, 2.24) is 29.4 Å². The monoisotopic (exact) mass is 575 g/mol. The van der Waals surface area contributed by atoms with Gasteiger partial charge in [-0.2, -0.15) is 10.2 Å². The van der Waals surface area contributed by atoms with Gasteiger partial charge in [-0.1, -0.05) is 36.4 Å². The number of ether oxygens (including phenoxy) is 1. The molecule has 7 rings (SSSR count). The van der Waals surface area contributed by atoms with Gasteiger partial charge >= 0.3 is 0 Å². The third kappa shape index (κ3) is 5.31. The number of likely N-dealkylation sites (tertiary alicyclic amines) is 1. The molecule has 43 heavy (non-hydrogen) atoms. The highest BCUT2D eigenvalue weighted by Gasteiger charge is 2.33. The summed E-state index contributed by atoms with van der Waals surface area (Å²) >= 11 is 0. The lowest BCUT2D eigenvalue weighted by Crippen LogP contribution is -2.38. The highest BCUT2D eigenvalue weighted by atomic mass is 16.5. The molecule has 0 aliphatic carbocycles. The molecule has 5 aromatic rings. The van der Waals surface area contributed by atoms with Gasteiger partial charge in [0.15, 0.2) is 0 Å². The van der Waals surface area contributed by atoms with Gasteiger partial charge in [-0.05, 0) is 65.9 Å². The summed E-state index contributed by atoms with van der Waals surface area (Å²) in [6, 6.07) is 24.2. The maximum Gasteiger partial charge on any atom is 0.277 e. The Balaban J connectivity index is 1.19. The lowest BCUT2D eigenvalue weighted by molar-refractivity contribution is 0.0973. The molecule has 1 amide bonds. The number of hydrogen-bond acceptors (Lipinski definition) is 7. The summed E-state index contributed by atoms with van der Waals surface area (Å²) < 4.78 is 8.81. The molecule has 218 valence electrons. The maximum absolute atomic E-state index is 14.2. The SMILES string of the molecule is COc1ccc(-n2nc(Cn3cncn3)c3c2C(=O)N(c2ccc(-c4ccccc4CN4CC[C@@H](O)C4)cc2)CC3)cc1. The van der Waals surface area contributed by atoms with E-state index in [1.165, 1.54) is 11.9 Å². The quantitative estimate of drug-likeness (QED) is 0.299. The van der Waals surface area contributed by atoms with Gasteiger partial charge in [0.05, 0.1) is 31.1 Å². The molecule has 0 radical (unpaired) electrons. The van der Waals surface area contributed by atoms with Crippen LogP contribution >= 0.6 is 0 Å². The summed E-state index contributed by atoms with van der Waals surface area (Å²) in [4.78, 5) is 22.4. The number of hydrogen-bond donors (Lipinski definition) is 1. The zero-order valence-corrected chi connectivity index (χ0v) is 24.0. The third-order valence-corrected chi connectivity index (χ3v) is 8.34. The molecule has 2 aliphatic heterocycles. The van der Waals surface area contributed by atoms with Crippen LogP contribution in [0.25, 0.3) is 16.8 Å². The van der Waals surface area contributed by atoms with Crippen molar-refractivity contribution in [2.75, 3.05) is 31.6 Å². The minimum absolute atomic E-state index is 0.0878. The summed E-state index contributed by atoms with van der Waals surface area (Å²) in [6.07, 6.45) is 4.41. The van der Waals surface area contributed by atoms with E-state index in [0.717, 1.165) is 59.0 Å². The van der Waals surface area contributed by atoms with E-state index in [9.17, 15) is 9.90 Å². The molecule has 1 fully saturated rings. The van der Waals surface area contributed by atoms with Crippen LogP contribution in [0.3, 0.4) is 0 Å². The van der Waals surface area contributed by atoms with E-state index < -0.39 is 0 Å². The minimum atomic E-state index is -0.242. The minimum Gasteiger partial charge on any atom is -0.497 e. The van der Waals surface area contributed by atoms with E-state index >= 15 is 0 Å². The first-order valence-electron chi connectivity index (χ1n) is 14.6. The van der Waals surface area contributed by atoms with Crippen LogP contribution in [0.2, 0.25) is 0 Å². The van der Waals surface area contributed by atoms with Crippen molar-refractivity contribution in [3.63, 3.8) is 0 Å². The number of β-amino-alcohol motifs (C(OH)–C–C–N with tert-alkyl or cyclic N) is 1. The van der Waals surface area contributed by atoms with Gasteiger partial charge in [0.2, 0.25) is 0 Å². The Morgan fingerprint density at radius 2 is 1.74 bits per heavy atom. The van der Waals surface area contributed by atoms with Gasteiger partial charge in [0, 0.05) is 37.4 Å². The first-order valence-corrected chi connectivity index (χ1v) is 14.6. The van der Waals surface area contributed by atoms with Crippen LogP contribution in [0.5, 0.6) is 5.75 Å². The van der Waals surface area contributed by atoms with Crippen LogP contribution in [0.1, 0.15) is 33.7 Å². The van der Waals surface area contributed by atoms with Crippen molar-refractivity contribution in [2.45, 2.75) is 32.0 Å². The Morgan fingerprint density at radius 1 is 0.953 bits per heavy atom. The van der Waals surface area contributed by atoms with Crippen molar-refractivity contribution in [3.8, 4) is 22.6 Å². The van der Waals surface area contributed by atoms with Crippen molar-refractivity contribution in [2.24, 2.45) is 0 Å². The molecule has 4 heterocycles. The van der Waals surface area contributed by atoms with Crippen LogP contribution in [-0.4, -0.2) is 73.3 Å². The molecule has 1 N–H and O–H groups in total. The summed E-state index contributed by atoms with van der Waals surface area (Å²) in [5.41, 5.74) is 7.43. The fourth-order valence-corrected chi connectivity index (χ4v) is 6.14. The van der Waals surface area contributed by atoms with Crippen LogP contribution in [0.4, 0.5) is 5.69 Å². The number of anilines is 1. The molecule has 0 saturated carbocycles. The number of fused-ring (bicyclic) bond motifs is 1. The van der Waals surface area contributed by atoms with E-state index in [1.54, 1.807) is 22.8 Å². The number of rotatable bonds is 8. The van der Waals surface area contributed by atoms with Crippen LogP contribution < -0.4 is 9.64 Å². The summed E-state index contributed by atoms with van der Waals surface area (Å²) in [6.45, 7) is 3.40. The number of aromatic nitrogens is 5. The maximum atomic E-state index is 14.2. The third-order valence-electron chi connectivity index (χ3n) is 8.34. The largest absolute Gasteiger partial charge is 0.497 e. The first kappa shape index (κ1) is 27.1. The Bertz CT molecular complexity index is 1730. The highest BCUT2D eigenvalue weighted by molar-refractivity contribution is 6.07. The van der Waals surface area contributed by atoms with Crippen LogP contribution in [0, 0.1) is 0 Å². The molecule has 2 aromatic heterocycles. The Kier molecular flexibility index (Phi) is 7.22.